The van der Waals surface area contributed by atoms with Crippen molar-refractivity contribution in [2.75, 3.05) is 0 Å². The summed E-state index contributed by atoms with van der Waals surface area (Å²) < 4.78 is 6.05. The zero-order chi connectivity index (χ0) is 20.2. The maximum absolute atomic E-state index is 12.8. The highest BCUT2D eigenvalue weighted by Crippen LogP contribution is 2.29. The summed E-state index contributed by atoms with van der Waals surface area (Å²) in [6, 6.07) is 24.6. The van der Waals surface area contributed by atoms with Crippen LogP contribution in [0.4, 0.5) is 0 Å². The van der Waals surface area contributed by atoms with Crippen molar-refractivity contribution >= 4 is 11.9 Å². The van der Waals surface area contributed by atoms with Gasteiger partial charge in [-0.05, 0) is 36.3 Å². The van der Waals surface area contributed by atoms with Crippen LogP contribution in [0.5, 0.6) is 5.75 Å². The van der Waals surface area contributed by atoms with Gasteiger partial charge in [0.05, 0.1) is 12.0 Å². The second-order valence-electron chi connectivity index (χ2n) is 7.28. The molecule has 0 spiro atoms. The van der Waals surface area contributed by atoms with Crippen molar-refractivity contribution in [2.45, 2.75) is 25.6 Å². The molecule has 1 aliphatic rings. The van der Waals surface area contributed by atoms with Gasteiger partial charge in [-0.15, -0.1) is 0 Å². The van der Waals surface area contributed by atoms with Gasteiger partial charge in [0.25, 0.3) is 0 Å². The third-order valence-corrected chi connectivity index (χ3v) is 5.27. The Kier molecular flexibility index (Phi) is 5.56. The number of benzene rings is 3. The number of carbonyl (C=O) groups is 1. The maximum Gasteiger partial charge on any atom is 0.236 e. The Morgan fingerprint density at radius 1 is 1.03 bits per heavy atom. The van der Waals surface area contributed by atoms with Crippen LogP contribution in [0.25, 0.3) is 6.08 Å². The van der Waals surface area contributed by atoms with Crippen LogP contribution in [0, 0.1) is 5.21 Å². The van der Waals surface area contributed by atoms with Crippen LogP contribution in [-0.2, 0) is 6.42 Å². The molecule has 4 heteroatoms. The van der Waals surface area contributed by atoms with E-state index in [-0.39, 0.29) is 16.9 Å². The van der Waals surface area contributed by atoms with Crippen molar-refractivity contribution in [3.05, 3.63) is 112 Å². The first-order chi connectivity index (χ1) is 14.1. The van der Waals surface area contributed by atoms with Gasteiger partial charge < -0.3 is 15.0 Å². The predicted octanol–water partition coefficient (Wildman–Crippen LogP) is 3.99. The number of hydroxylamine groups is 2. The lowest BCUT2D eigenvalue weighted by Gasteiger charge is -2.41. The number of fused-ring (bicyclic) bond motifs is 1. The minimum Gasteiger partial charge on any atom is -0.631 e. The normalized spacial score (nSPS) is 20.8. The summed E-state index contributed by atoms with van der Waals surface area (Å²) in [5.41, 5.74) is 3.41. The molecule has 0 radical (unpaired) electrons. The molecule has 0 fully saturated rings. The lowest BCUT2D eigenvalue weighted by Crippen LogP contribution is -3.13. The van der Waals surface area contributed by atoms with Crippen LogP contribution < -0.4 is 9.80 Å². The molecule has 0 amide bonds. The lowest BCUT2D eigenvalue weighted by atomic mass is 9.99. The Balaban J connectivity index is 1.55. The van der Waals surface area contributed by atoms with Gasteiger partial charge >= 0.3 is 0 Å². The van der Waals surface area contributed by atoms with E-state index in [4.69, 9.17) is 4.74 Å². The van der Waals surface area contributed by atoms with Gasteiger partial charge in [-0.2, -0.15) is 0 Å². The fourth-order valence-corrected chi connectivity index (χ4v) is 3.59. The Morgan fingerprint density at radius 2 is 1.72 bits per heavy atom. The molecule has 3 unspecified atom stereocenters. The van der Waals surface area contributed by atoms with Gasteiger partial charge in [0, 0.05) is 5.56 Å². The summed E-state index contributed by atoms with van der Waals surface area (Å²) in [6.45, 7) is 1.90. The number of carbonyl (C=O) groups excluding carboxylic acids is 1. The van der Waals surface area contributed by atoms with Crippen LogP contribution in [0.15, 0.2) is 84.9 Å². The van der Waals surface area contributed by atoms with Gasteiger partial charge in [0.15, 0.2) is 5.78 Å². The van der Waals surface area contributed by atoms with Gasteiger partial charge in [-0.25, -0.2) is 0 Å². The van der Waals surface area contributed by atoms with Crippen LogP contribution in [0.3, 0.4) is 0 Å². The van der Waals surface area contributed by atoms with Gasteiger partial charge in [-0.3, -0.25) is 4.79 Å². The number of nitrogens with one attached hydrogen (secondary N) is 1. The molecule has 3 aromatic carbocycles. The van der Waals surface area contributed by atoms with Crippen LogP contribution in [0.2, 0.25) is 0 Å². The molecule has 0 aliphatic carbocycles. The van der Waals surface area contributed by atoms with E-state index in [9.17, 15) is 10.0 Å². The monoisotopic (exact) mass is 385 g/mol. The van der Waals surface area contributed by atoms with Crippen LogP contribution >= 0.6 is 0 Å². The SMILES string of the molecule is CC1c2ccc(C(=O)/C=C/c3ccccc3)cc2OC(Cc2ccccc2)[NH+]1[O-]. The number of hydrogen-bond donors (Lipinski definition) is 1. The van der Waals surface area contributed by atoms with Gasteiger partial charge in [-0.1, -0.05) is 72.8 Å². The molecule has 1 N–H and O–H groups in total. The number of allylic oxidation sites excluding steroid dienone is 1. The number of ketones is 1. The standard InChI is InChI=1S/C25H23NO3/c1-18-22-14-13-21(23(27)15-12-19-8-4-2-5-9-19)17-24(22)29-25(26(18)28)16-20-10-6-3-7-11-20/h2-15,17-18,25-26H,16H2,1H3/b15-12+. The number of rotatable bonds is 5. The number of hydrogen-bond acceptors (Lipinski definition) is 3. The van der Waals surface area contributed by atoms with Crippen molar-refractivity contribution in [1.82, 2.24) is 0 Å². The lowest BCUT2D eigenvalue weighted by molar-refractivity contribution is -0.928. The van der Waals surface area contributed by atoms with Crippen molar-refractivity contribution < 1.29 is 14.6 Å². The average Bonchev–Trinajstić information content (AvgIpc) is 2.76. The smallest absolute Gasteiger partial charge is 0.236 e. The third kappa shape index (κ3) is 4.29. The molecule has 3 aromatic rings. The molecular formula is C25H23NO3. The molecule has 1 aliphatic heterocycles. The molecular weight excluding hydrogens is 362 g/mol. The van der Waals surface area contributed by atoms with Crippen molar-refractivity contribution in [1.29, 1.82) is 0 Å². The van der Waals surface area contributed by atoms with E-state index >= 15 is 0 Å². The highest BCUT2D eigenvalue weighted by atomic mass is 16.6. The molecule has 29 heavy (non-hydrogen) atoms. The van der Waals surface area contributed by atoms with Crippen LogP contribution in [0.1, 0.15) is 40.0 Å². The van der Waals surface area contributed by atoms with E-state index < -0.39 is 6.23 Å². The molecule has 4 nitrogen and oxygen atoms in total. The first kappa shape index (κ1) is 19.1. The highest BCUT2D eigenvalue weighted by molar-refractivity contribution is 6.07. The summed E-state index contributed by atoms with van der Waals surface area (Å²) in [4.78, 5) is 12.6. The Hall–Kier alpha value is -3.21. The van der Waals surface area contributed by atoms with E-state index in [0.29, 0.717) is 17.7 Å². The Bertz CT molecular complexity index is 1010. The van der Waals surface area contributed by atoms with E-state index in [1.54, 1.807) is 24.3 Å². The summed E-state index contributed by atoms with van der Waals surface area (Å²) in [5.74, 6) is 0.529. The van der Waals surface area contributed by atoms with E-state index in [0.717, 1.165) is 16.7 Å². The predicted molar refractivity (Wildman–Crippen MR) is 114 cm³/mol. The second-order valence-corrected chi connectivity index (χ2v) is 7.28. The summed E-state index contributed by atoms with van der Waals surface area (Å²) in [6.07, 6.45) is 3.35. The molecule has 1 heterocycles. The first-order valence-corrected chi connectivity index (χ1v) is 9.77. The summed E-state index contributed by atoms with van der Waals surface area (Å²) >= 11 is 0. The molecule has 3 atom stereocenters. The fourth-order valence-electron chi connectivity index (χ4n) is 3.59. The molecule has 146 valence electrons. The summed E-state index contributed by atoms with van der Waals surface area (Å²) in [5, 5.41) is 12.8. The molecule has 4 rings (SSSR count). The number of quaternary nitrogens is 1. The molecule has 0 saturated carbocycles. The zero-order valence-corrected chi connectivity index (χ0v) is 16.2. The number of ether oxygens (including phenoxy) is 1. The first-order valence-electron chi connectivity index (χ1n) is 9.77. The van der Waals surface area contributed by atoms with Crippen LogP contribution in [-0.4, -0.2) is 12.0 Å². The van der Waals surface area contributed by atoms with Crippen molar-refractivity contribution in [2.24, 2.45) is 0 Å². The molecule has 0 bridgehead atoms. The maximum atomic E-state index is 12.8. The highest BCUT2D eigenvalue weighted by Gasteiger charge is 2.32. The average molecular weight is 385 g/mol. The van der Waals surface area contributed by atoms with Crippen molar-refractivity contribution in [3.63, 3.8) is 0 Å². The molecule has 0 saturated heterocycles. The quantitative estimate of drug-likeness (QED) is 0.411. The minimum atomic E-state index is -0.537. The summed E-state index contributed by atoms with van der Waals surface area (Å²) in [7, 11) is 0. The topological polar surface area (TPSA) is 53.8 Å². The fraction of sp³-hybridized carbons (Fsp3) is 0.160. The van der Waals surface area contributed by atoms with E-state index in [1.807, 2.05) is 73.7 Å². The van der Waals surface area contributed by atoms with Gasteiger partial charge in [0.2, 0.25) is 6.23 Å². The zero-order valence-electron chi connectivity index (χ0n) is 16.2. The molecule has 0 aromatic heterocycles. The third-order valence-electron chi connectivity index (χ3n) is 5.27. The van der Waals surface area contributed by atoms with E-state index in [1.165, 1.54) is 0 Å². The second kappa shape index (κ2) is 8.43. The Morgan fingerprint density at radius 3 is 2.45 bits per heavy atom. The minimum absolute atomic E-state index is 0.0735. The van der Waals surface area contributed by atoms with Gasteiger partial charge in [0.1, 0.15) is 11.8 Å². The van der Waals surface area contributed by atoms with Crippen molar-refractivity contribution in [3.8, 4) is 5.75 Å². The largest absolute Gasteiger partial charge is 0.631 e. The Labute approximate surface area is 170 Å². The van der Waals surface area contributed by atoms with E-state index in [2.05, 4.69) is 0 Å².